The van der Waals surface area contributed by atoms with E-state index < -0.39 is 0 Å². The van der Waals surface area contributed by atoms with E-state index in [0.717, 1.165) is 11.4 Å². The summed E-state index contributed by atoms with van der Waals surface area (Å²) < 4.78 is 3.31. The summed E-state index contributed by atoms with van der Waals surface area (Å²) in [4.78, 5) is 30.5. The smallest absolute Gasteiger partial charge is 0.295 e. The van der Waals surface area contributed by atoms with Crippen molar-refractivity contribution in [3.8, 4) is 5.69 Å². The Hall–Kier alpha value is -3.09. The second-order valence-electron chi connectivity index (χ2n) is 4.84. The number of benzene rings is 1. The maximum Gasteiger partial charge on any atom is 0.295 e. The lowest BCUT2D eigenvalue weighted by molar-refractivity contribution is 0.630. The normalized spacial score (nSPS) is 10.6. The van der Waals surface area contributed by atoms with Gasteiger partial charge in [-0.3, -0.25) is 19.3 Å². The minimum atomic E-state index is -0.283. The summed E-state index contributed by atoms with van der Waals surface area (Å²) in [5, 5.41) is 2.89. The monoisotopic (exact) mass is 297 g/mol. The molecular formula is C15H15N5O2. The molecule has 0 bridgehead atoms. The van der Waals surface area contributed by atoms with E-state index in [-0.39, 0.29) is 17.1 Å². The van der Waals surface area contributed by atoms with Crippen molar-refractivity contribution in [2.45, 2.75) is 6.92 Å². The first-order valence-electron chi connectivity index (χ1n) is 6.74. The largest absolute Gasteiger partial charge is 0.320 e. The van der Waals surface area contributed by atoms with E-state index in [0.29, 0.717) is 5.69 Å². The average molecular weight is 297 g/mol. The molecule has 0 unspecified atom stereocenters. The van der Waals surface area contributed by atoms with Crippen LogP contribution in [0.15, 0.2) is 52.2 Å². The van der Waals surface area contributed by atoms with E-state index in [1.807, 2.05) is 37.3 Å². The molecule has 7 nitrogen and oxygen atoms in total. The molecular weight excluding hydrogens is 282 g/mol. The molecule has 22 heavy (non-hydrogen) atoms. The van der Waals surface area contributed by atoms with Crippen molar-refractivity contribution in [2.75, 3.05) is 5.32 Å². The Labute approximate surface area is 125 Å². The summed E-state index contributed by atoms with van der Waals surface area (Å²) >= 11 is 0. The number of hydrogen-bond donors (Lipinski definition) is 2. The van der Waals surface area contributed by atoms with Gasteiger partial charge in [0.05, 0.1) is 11.4 Å². The third-order valence-corrected chi connectivity index (χ3v) is 3.47. The molecule has 0 atom stereocenters. The third kappa shape index (κ3) is 2.32. The number of hydrogen-bond acceptors (Lipinski definition) is 4. The van der Waals surface area contributed by atoms with E-state index in [1.54, 1.807) is 16.4 Å². The number of nitrogens with zero attached hydrogens (tertiary/aromatic N) is 3. The second kappa shape index (κ2) is 5.36. The van der Waals surface area contributed by atoms with E-state index in [2.05, 4.69) is 15.3 Å². The zero-order valence-electron chi connectivity index (χ0n) is 12.2. The van der Waals surface area contributed by atoms with Crippen LogP contribution in [0.3, 0.4) is 0 Å². The topological polar surface area (TPSA) is 84.7 Å². The number of rotatable bonds is 3. The summed E-state index contributed by atoms with van der Waals surface area (Å²) in [7, 11) is 1.80. The first-order chi connectivity index (χ1) is 10.6. The highest BCUT2D eigenvalue weighted by atomic mass is 16.1. The average Bonchev–Trinajstić information content (AvgIpc) is 2.72. The Morgan fingerprint density at radius 2 is 1.86 bits per heavy atom. The van der Waals surface area contributed by atoms with Crippen LogP contribution in [-0.4, -0.2) is 19.3 Å². The quantitative estimate of drug-likeness (QED) is 0.763. The van der Waals surface area contributed by atoms with Crippen LogP contribution in [0.4, 0.5) is 11.6 Å². The Bertz CT molecular complexity index is 921. The van der Waals surface area contributed by atoms with Gasteiger partial charge in [-0.25, -0.2) is 9.67 Å². The van der Waals surface area contributed by atoms with Gasteiger partial charge < -0.3 is 5.32 Å². The zero-order chi connectivity index (χ0) is 15.7. The van der Waals surface area contributed by atoms with E-state index in [1.165, 1.54) is 12.3 Å². The van der Waals surface area contributed by atoms with Gasteiger partial charge >= 0.3 is 0 Å². The molecule has 0 aliphatic heterocycles. The molecule has 3 rings (SSSR count). The molecule has 0 saturated heterocycles. The number of H-pyrrole nitrogens is 1. The molecule has 2 N–H and O–H groups in total. The number of anilines is 2. The molecule has 0 aliphatic carbocycles. The van der Waals surface area contributed by atoms with E-state index >= 15 is 0 Å². The molecule has 0 amide bonds. The summed E-state index contributed by atoms with van der Waals surface area (Å²) in [6, 6.07) is 10.6. The van der Waals surface area contributed by atoms with Crippen molar-refractivity contribution in [1.82, 2.24) is 19.3 Å². The summed E-state index contributed by atoms with van der Waals surface area (Å²) in [5.74, 6) is 0.235. The fraction of sp³-hybridized carbons (Fsp3) is 0.133. The van der Waals surface area contributed by atoms with Crippen LogP contribution in [0, 0.1) is 6.92 Å². The number of nitrogens with one attached hydrogen (secondary N) is 2. The predicted octanol–water partition coefficient (Wildman–Crippen LogP) is 1.31. The van der Waals surface area contributed by atoms with Crippen molar-refractivity contribution < 1.29 is 0 Å². The molecule has 0 saturated carbocycles. The van der Waals surface area contributed by atoms with Crippen LogP contribution < -0.4 is 16.4 Å². The maximum absolute atomic E-state index is 12.7. The predicted molar refractivity (Wildman–Crippen MR) is 83.9 cm³/mol. The SMILES string of the molecule is Cc1c(Nc2nccc(=O)[nH]2)c(=O)n(-c2ccccc2)n1C. The first-order valence-corrected chi connectivity index (χ1v) is 6.74. The number of aromatic nitrogens is 4. The molecule has 2 heterocycles. The lowest BCUT2D eigenvalue weighted by Gasteiger charge is -2.07. The Morgan fingerprint density at radius 3 is 2.55 bits per heavy atom. The fourth-order valence-electron chi connectivity index (χ4n) is 2.26. The second-order valence-corrected chi connectivity index (χ2v) is 4.84. The van der Waals surface area contributed by atoms with Crippen LogP contribution >= 0.6 is 0 Å². The highest BCUT2D eigenvalue weighted by Gasteiger charge is 2.16. The molecule has 0 fully saturated rings. The highest BCUT2D eigenvalue weighted by Crippen LogP contribution is 2.16. The van der Waals surface area contributed by atoms with Gasteiger partial charge in [0.25, 0.3) is 11.1 Å². The van der Waals surface area contributed by atoms with Crippen molar-refractivity contribution in [1.29, 1.82) is 0 Å². The summed E-state index contributed by atoms with van der Waals surface area (Å²) in [5.41, 5.74) is 1.38. The Kier molecular flexibility index (Phi) is 3.38. The van der Waals surface area contributed by atoms with Crippen LogP contribution in [0.2, 0.25) is 0 Å². The van der Waals surface area contributed by atoms with Gasteiger partial charge in [-0.2, -0.15) is 0 Å². The van der Waals surface area contributed by atoms with Gasteiger partial charge in [-0.05, 0) is 19.1 Å². The van der Waals surface area contributed by atoms with Gasteiger partial charge in [0.1, 0.15) is 5.69 Å². The van der Waals surface area contributed by atoms with E-state index in [4.69, 9.17) is 0 Å². The Morgan fingerprint density at radius 1 is 1.14 bits per heavy atom. The van der Waals surface area contributed by atoms with Crippen LogP contribution in [0.25, 0.3) is 5.69 Å². The summed E-state index contributed by atoms with van der Waals surface area (Å²) in [6.45, 7) is 1.82. The number of aromatic amines is 1. The highest BCUT2D eigenvalue weighted by molar-refractivity contribution is 5.56. The van der Waals surface area contributed by atoms with Gasteiger partial charge in [0.15, 0.2) is 0 Å². The van der Waals surface area contributed by atoms with Crippen molar-refractivity contribution in [3.05, 3.63) is 69.0 Å². The fourth-order valence-corrected chi connectivity index (χ4v) is 2.26. The standard InChI is InChI=1S/C15H15N5O2/c1-10-13(18-15-16-9-8-12(21)17-15)14(22)20(19(10)2)11-6-4-3-5-7-11/h3-9H,1-2H3,(H2,16,17,18,21). The zero-order valence-corrected chi connectivity index (χ0v) is 12.2. The minimum absolute atomic E-state index is 0.210. The van der Waals surface area contributed by atoms with Gasteiger partial charge in [-0.1, -0.05) is 18.2 Å². The maximum atomic E-state index is 12.7. The molecule has 3 aromatic rings. The molecule has 7 heteroatoms. The molecule has 0 radical (unpaired) electrons. The lowest BCUT2D eigenvalue weighted by Crippen LogP contribution is -2.21. The minimum Gasteiger partial charge on any atom is -0.320 e. The van der Waals surface area contributed by atoms with Gasteiger partial charge in [-0.15, -0.1) is 0 Å². The third-order valence-electron chi connectivity index (χ3n) is 3.47. The Balaban J connectivity index is 2.11. The van der Waals surface area contributed by atoms with Crippen molar-refractivity contribution >= 4 is 11.6 Å². The van der Waals surface area contributed by atoms with Crippen LogP contribution in [0.5, 0.6) is 0 Å². The van der Waals surface area contributed by atoms with Gasteiger partial charge in [0.2, 0.25) is 5.95 Å². The molecule has 0 aliphatic rings. The molecule has 112 valence electrons. The number of para-hydroxylation sites is 1. The first kappa shape index (κ1) is 13.9. The van der Waals surface area contributed by atoms with Gasteiger partial charge in [0, 0.05) is 19.3 Å². The summed E-state index contributed by atoms with van der Waals surface area (Å²) in [6.07, 6.45) is 1.38. The van der Waals surface area contributed by atoms with Crippen molar-refractivity contribution in [3.63, 3.8) is 0 Å². The van der Waals surface area contributed by atoms with Crippen LogP contribution in [0.1, 0.15) is 5.69 Å². The molecule has 0 spiro atoms. The van der Waals surface area contributed by atoms with Crippen LogP contribution in [-0.2, 0) is 7.05 Å². The molecule has 2 aromatic heterocycles. The lowest BCUT2D eigenvalue weighted by atomic mass is 10.3. The van der Waals surface area contributed by atoms with E-state index in [9.17, 15) is 9.59 Å². The molecule has 1 aromatic carbocycles. The van der Waals surface area contributed by atoms with Crippen molar-refractivity contribution in [2.24, 2.45) is 7.05 Å².